The molecule has 1 aromatic carbocycles. The molecule has 2 aliphatic carbocycles. The largest absolute Gasteiger partial charge is 0.380 e. The first-order valence-electron chi connectivity index (χ1n) is 9.72. The van der Waals surface area contributed by atoms with E-state index in [0.29, 0.717) is 5.69 Å². The minimum atomic E-state index is -0.194. The van der Waals surface area contributed by atoms with Gasteiger partial charge in [0.05, 0.1) is 36.5 Å². The predicted octanol–water partition coefficient (Wildman–Crippen LogP) is 2.72. The SMILES string of the molecule is COC1CC2(CC(NC(=O)c3nccc4ccccc34)C2n2ccnc2)C1C#N. The summed E-state index contributed by atoms with van der Waals surface area (Å²) in [5, 5.41) is 14.7. The third-order valence-corrected chi connectivity index (χ3v) is 6.64. The maximum Gasteiger partial charge on any atom is 0.270 e. The number of pyridine rings is 1. The van der Waals surface area contributed by atoms with Gasteiger partial charge in [0.15, 0.2) is 0 Å². The second-order valence-corrected chi connectivity index (χ2v) is 7.94. The minimum absolute atomic E-state index is 0.0278. The summed E-state index contributed by atoms with van der Waals surface area (Å²) in [4.78, 5) is 21.6. The van der Waals surface area contributed by atoms with E-state index in [1.807, 2.05) is 41.1 Å². The predicted molar refractivity (Wildman–Crippen MR) is 106 cm³/mol. The average Bonchev–Trinajstić information content (AvgIpc) is 3.22. The lowest BCUT2D eigenvalue weighted by Gasteiger charge is -2.65. The number of nitriles is 1. The van der Waals surface area contributed by atoms with Crippen molar-refractivity contribution < 1.29 is 9.53 Å². The van der Waals surface area contributed by atoms with Gasteiger partial charge >= 0.3 is 0 Å². The van der Waals surface area contributed by atoms with Gasteiger partial charge in [0.2, 0.25) is 0 Å². The molecule has 5 atom stereocenters. The van der Waals surface area contributed by atoms with Gasteiger partial charge in [-0.15, -0.1) is 0 Å². The van der Waals surface area contributed by atoms with Gasteiger partial charge in [0.25, 0.3) is 5.91 Å². The molecule has 0 aliphatic heterocycles. The van der Waals surface area contributed by atoms with E-state index < -0.39 is 0 Å². The molecule has 2 fully saturated rings. The number of amides is 1. The molecule has 0 bridgehead atoms. The number of imidazole rings is 1. The highest BCUT2D eigenvalue weighted by atomic mass is 16.5. The number of carbonyl (C=O) groups is 1. The molecule has 1 amide bonds. The molecule has 7 heteroatoms. The topological polar surface area (TPSA) is 92.8 Å². The Morgan fingerprint density at radius 2 is 2.17 bits per heavy atom. The minimum Gasteiger partial charge on any atom is -0.380 e. The standard InChI is InChI=1S/C22H21N5O2/c1-29-18-11-22(16(18)12-23)10-17(20(22)27-9-8-24-13-27)26-21(28)19-15-5-3-2-4-14(15)6-7-25-19/h2-9,13,16-18,20H,10-11H2,1H3,(H,26,28). The first-order chi connectivity index (χ1) is 14.2. The summed E-state index contributed by atoms with van der Waals surface area (Å²) in [6.07, 6.45) is 8.54. The highest BCUT2D eigenvalue weighted by Gasteiger charge is 2.68. The van der Waals surface area contributed by atoms with Crippen molar-refractivity contribution in [3.63, 3.8) is 0 Å². The third-order valence-electron chi connectivity index (χ3n) is 6.64. The Morgan fingerprint density at radius 3 is 2.93 bits per heavy atom. The molecule has 29 heavy (non-hydrogen) atoms. The van der Waals surface area contributed by atoms with E-state index >= 15 is 0 Å². The lowest BCUT2D eigenvalue weighted by Crippen LogP contribution is -2.69. The molecular formula is C22H21N5O2. The fraction of sp³-hybridized carbons (Fsp3) is 0.364. The summed E-state index contributed by atoms with van der Waals surface area (Å²) < 4.78 is 7.49. The zero-order valence-electron chi connectivity index (χ0n) is 16.0. The van der Waals surface area contributed by atoms with Crippen molar-refractivity contribution in [3.05, 3.63) is 60.9 Å². The van der Waals surface area contributed by atoms with Gasteiger partial charge in [-0.3, -0.25) is 9.78 Å². The quantitative estimate of drug-likeness (QED) is 0.743. The van der Waals surface area contributed by atoms with Crippen LogP contribution in [0.15, 0.2) is 55.2 Å². The summed E-state index contributed by atoms with van der Waals surface area (Å²) in [5.74, 6) is -0.383. The molecule has 2 heterocycles. The van der Waals surface area contributed by atoms with Gasteiger partial charge in [0.1, 0.15) is 5.69 Å². The van der Waals surface area contributed by atoms with Gasteiger partial charge in [-0.25, -0.2) is 4.98 Å². The summed E-state index contributed by atoms with van der Waals surface area (Å²) >= 11 is 0. The number of rotatable bonds is 4. The van der Waals surface area contributed by atoms with E-state index in [-0.39, 0.29) is 35.4 Å². The van der Waals surface area contributed by atoms with E-state index in [1.165, 1.54) is 0 Å². The highest BCUT2D eigenvalue weighted by molar-refractivity contribution is 6.05. The number of methoxy groups -OCH3 is 1. The number of aromatic nitrogens is 3. The molecule has 3 aromatic rings. The Bertz CT molecular complexity index is 1100. The van der Waals surface area contributed by atoms with Crippen LogP contribution in [0.3, 0.4) is 0 Å². The van der Waals surface area contributed by atoms with E-state index in [0.717, 1.165) is 23.6 Å². The molecular weight excluding hydrogens is 366 g/mol. The monoisotopic (exact) mass is 387 g/mol. The molecule has 7 nitrogen and oxygen atoms in total. The molecule has 146 valence electrons. The van der Waals surface area contributed by atoms with E-state index in [4.69, 9.17) is 4.74 Å². The van der Waals surface area contributed by atoms with Crippen LogP contribution in [0.25, 0.3) is 10.8 Å². The molecule has 2 saturated carbocycles. The smallest absolute Gasteiger partial charge is 0.270 e. The number of nitrogens with zero attached hydrogens (tertiary/aromatic N) is 4. The first kappa shape index (κ1) is 17.8. The Morgan fingerprint density at radius 1 is 1.31 bits per heavy atom. The van der Waals surface area contributed by atoms with Crippen molar-refractivity contribution in [2.45, 2.75) is 31.0 Å². The number of carbonyl (C=O) groups excluding carboxylic acids is 1. The number of fused-ring (bicyclic) bond motifs is 1. The van der Waals surface area contributed by atoms with Crippen LogP contribution in [-0.2, 0) is 4.74 Å². The van der Waals surface area contributed by atoms with Crippen LogP contribution in [0.2, 0.25) is 0 Å². The third kappa shape index (κ3) is 2.56. The van der Waals surface area contributed by atoms with E-state index in [9.17, 15) is 10.1 Å². The number of nitrogens with one attached hydrogen (secondary N) is 1. The molecule has 1 spiro atoms. The molecule has 0 saturated heterocycles. The van der Waals surface area contributed by atoms with Crippen LogP contribution in [-0.4, -0.2) is 39.7 Å². The van der Waals surface area contributed by atoms with Gasteiger partial charge in [-0.05, 0) is 24.3 Å². The Hall–Kier alpha value is -3.24. The Balaban J connectivity index is 1.43. The van der Waals surface area contributed by atoms with Crippen LogP contribution in [0.5, 0.6) is 0 Å². The second-order valence-electron chi connectivity index (χ2n) is 7.94. The lowest BCUT2D eigenvalue weighted by atomic mass is 9.44. The maximum absolute atomic E-state index is 13.1. The van der Waals surface area contributed by atoms with Crippen molar-refractivity contribution >= 4 is 16.7 Å². The fourth-order valence-corrected chi connectivity index (χ4v) is 5.26. The molecule has 2 aromatic heterocycles. The van der Waals surface area contributed by atoms with Gasteiger partial charge in [-0.2, -0.15) is 5.26 Å². The van der Waals surface area contributed by atoms with Gasteiger partial charge < -0.3 is 14.6 Å². The summed E-state index contributed by atoms with van der Waals surface area (Å²) in [6, 6.07) is 11.9. The second kappa shape index (κ2) is 6.68. The van der Waals surface area contributed by atoms with Crippen LogP contribution < -0.4 is 5.32 Å². The van der Waals surface area contributed by atoms with Crippen LogP contribution >= 0.6 is 0 Å². The number of hydrogen-bond donors (Lipinski definition) is 1. The molecule has 1 N–H and O–H groups in total. The summed E-state index contributed by atoms with van der Waals surface area (Å²) in [7, 11) is 1.65. The highest BCUT2D eigenvalue weighted by Crippen LogP contribution is 2.65. The maximum atomic E-state index is 13.1. The van der Waals surface area contributed by atoms with Gasteiger partial charge in [0, 0.05) is 36.5 Å². The summed E-state index contributed by atoms with van der Waals surface area (Å²) in [6.45, 7) is 0. The zero-order chi connectivity index (χ0) is 20.0. The fourth-order valence-electron chi connectivity index (χ4n) is 5.26. The Labute approximate surface area is 168 Å². The molecule has 2 aliphatic rings. The Kier molecular flexibility index (Phi) is 4.10. The van der Waals surface area contributed by atoms with Crippen molar-refractivity contribution in [2.24, 2.45) is 11.3 Å². The van der Waals surface area contributed by atoms with Crippen LogP contribution in [0, 0.1) is 22.7 Å². The van der Waals surface area contributed by atoms with Gasteiger partial charge in [-0.1, -0.05) is 24.3 Å². The first-order valence-corrected chi connectivity index (χ1v) is 9.72. The van der Waals surface area contributed by atoms with Crippen molar-refractivity contribution in [1.29, 1.82) is 5.26 Å². The molecule has 0 radical (unpaired) electrons. The zero-order valence-corrected chi connectivity index (χ0v) is 16.0. The van der Waals surface area contributed by atoms with Crippen molar-refractivity contribution in [2.75, 3.05) is 7.11 Å². The van der Waals surface area contributed by atoms with Crippen LogP contribution in [0.1, 0.15) is 29.4 Å². The molecule has 5 rings (SSSR count). The normalized spacial score (nSPS) is 30.3. The molecule has 5 unspecified atom stereocenters. The average molecular weight is 387 g/mol. The van der Waals surface area contributed by atoms with E-state index in [2.05, 4.69) is 21.4 Å². The van der Waals surface area contributed by atoms with E-state index in [1.54, 1.807) is 25.8 Å². The number of benzene rings is 1. The van der Waals surface area contributed by atoms with Crippen molar-refractivity contribution in [3.8, 4) is 6.07 Å². The number of ether oxygens (including phenoxy) is 1. The lowest BCUT2D eigenvalue weighted by molar-refractivity contribution is -0.184. The summed E-state index contributed by atoms with van der Waals surface area (Å²) in [5.41, 5.74) is 0.230. The van der Waals surface area contributed by atoms with Crippen molar-refractivity contribution in [1.82, 2.24) is 19.9 Å². The van der Waals surface area contributed by atoms with Crippen LogP contribution in [0.4, 0.5) is 0 Å². The number of hydrogen-bond acceptors (Lipinski definition) is 5.